The van der Waals surface area contributed by atoms with Gasteiger partial charge >= 0.3 is 0 Å². The first-order chi connectivity index (χ1) is 10.0. The maximum Gasteiger partial charge on any atom is 0.238 e. The molecular weight excluding hydrogens is 269 g/mol. The number of amides is 1. The molecule has 21 heavy (non-hydrogen) atoms. The number of carbonyl (C=O) groups is 1. The Labute approximate surface area is 123 Å². The molecule has 0 unspecified atom stereocenters. The molecule has 3 N–H and O–H groups in total. The predicted molar refractivity (Wildman–Crippen MR) is 82.2 cm³/mol. The maximum atomic E-state index is 13.5. The molecule has 2 rings (SSSR count). The molecule has 0 atom stereocenters. The van der Waals surface area contributed by atoms with E-state index in [1.165, 1.54) is 6.07 Å². The van der Waals surface area contributed by atoms with Gasteiger partial charge in [0, 0.05) is 23.5 Å². The monoisotopic (exact) mass is 287 g/mol. The van der Waals surface area contributed by atoms with Crippen molar-refractivity contribution in [3.05, 3.63) is 59.9 Å². The number of nitrogen functional groups attached to an aromatic ring is 1. The molecule has 0 saturated heterocycles. The van der Waals surface area contributed by atoms with Crippen molar-refractivity contribution in [2.24, 2.45) is 0 Å². The van der Waals surface area contributed by atoms with Crippen molar-refractivity contribution in [1.82, 2.24) is 4.90 Å². The van der Waals surface area contributed by atoms with Gasteiger partial charge in [0.15, 0.2) is 0 Å². The second-order valence-electron chi connectivity index (χ2n) is 4.94. The predicted octanol–water partition coefficient (Wildman–Crippen LogP) is 2.48. The van der Waals surface area contributed by atoms with E-state index in [0.717, 1.165) is 0 Å². The van der Waals surface area contributed by atoms with Crippen LogP contribution in [0.5, 0.6) is 0 Å². The zero-order valence-corrected chi connectivity index (χ0v) is 11.8. The van der Waals surface area contributed by atoms with Crippen LogP contribution < -0.4 is 11.1 Å². The van der Waals surface area contributed by atoms with Gasteiger partial charge in [0.1, 0.15) is 5.82 Å². The summed E-state index contributed by atoms with van der Waals surface area (Å²) in [5.41, 5.74) is 7.46. The number of benzene rings is 2. The molecule has 0 fully saturated rings. The molecule has 0 aromatic heterocycles. The highest BCUT2D eigenvalue weighted by Crippen LogP contribution is 2.12. The average Bonchev–Trinajstić information content (AvgIpc) is 2.41. The SMILES string of the molecule is CN(CC(=O)Nc1cccc(N)c1)Cc1ccccc1F. The summed E-state index contributed by atoms with van der Waals surface area (Å²) in [6.45, 7) is 0.542. The van der Waals surface area contributed by atoms with Crippen LogP contribution in [0.25, 0.3) is 0 Å². The van der Waals surface area contributed by atoms with Crippen LogP contribution in [-0.2, 0) is 11.3 Å². The van der Waals surface area contributed by atoms with Crippen LogP contribution in [0.1, 0.15) is 5.56 Å². The maximum absolute atomic E-state index is 13.5. The zero-order valence-electron chi connectivity index (χ0n) is 11.8. The first-order valence-corrected chi connectivity index (χ1v) is 6.62. The van der Waals surface area contributed by atoms with Crippen LogP contribution in [0.3, 0.4) is 0 Å². The lowest BCUT2D eigenvalue weighted by Crippen LogP contribution is -2.30. The zero-order chi connectivity index (χ0) is 15.2. The van der Waals surface area contributed by atoms with E-state index in [2.05, 4.69) is 5.32 Å². The van der Waals surface area contributed by atoms with Gasteiger partial charge < -0.3 is 11.1 Å². The Morgan fingerprint density at radius 1 is 1.24 bits per heavy atom. The molecule has 0 bridgehead atoms. The van der Waals surface area contributed by atoms with Crippen molar-refractivity contribution in [1.29, 1.82) is 0 Å². The normalized spacial score (nSPS) is 10.6. The van der Waals surface area contributed by atoms with E-state index >= 15 is 0 Å². The second kappa shape index (κ2) is 6.85. The van der Waals surface area contributed by atoms with E-state index in [1.807, 2.05) is 0 Å². The Hall–Kier alpha value is -2.40. The molecule has 0 aliphatic carbocycles. The first kappa shape index (κ1) is 15.0. The largest absolute Gasteiger partial charge is 0.399 e. The van der Waals surface area contributed by atoms with Gasteiger partial charge in [0.25, 0.3) is 0 Å². The summed E-state index contributed by atoms with van der Waals surface area (Å²) < 4.78 is 13.5. The van der Waals surface area contributed by atoms with Crippen LogP contribution >= 0.6 is 0 Å². The lowest BCUT2D eigenvalue weighted by Gasteiger charge is -2.16. The van der Waals surface area contributed by atoms with Crippen molar-refractivity contribution in [2.75, 3.05) is 24.6 Å². The number of hydrogen-bond donors (Lipinski definition) is 2. The molecule has 0 saturated carbocycles. The molecule has 2 aromatic rings. The van der Waals surface area contributed by atoms with Gasteiger partial charge in [-0.3, -0.25) is 9.69 Å². The molecule has 1 amide bonds. The number of rotatable bonds is 5. The summed E-state index contributed by atoms with van der Waals surface area (Å²) in [6, 6.07) is 13.5. The molecule has 0 spiro atoms. The van der Waals surface area contributed by atoms with Gasteiger partial charge in [-0.15, -0.1) is 0 Å². The van der Waals surface area contributed by atoms with Crippen molar-refractivity contribution in [2.45, 2.75) is 6.54 Å². The lowest BCUT2D eigenvalue weighted by molar-refractivity contribution is -0.117. The van der Waals surface area contributed by atoms with Crippen LogP contribution in [0.15, 0.2) is 48.5 Å². The van der Waals surface area contributed by atoms with Crippen molar-refractivity contribution < 1.29 is 9.18 Å². The summed E-state index contributed by atoms with van der Waals surface area (Å²) in [5, 5.41) is 2.76. The topological polar surface area (TPSA) is 58.4 Å². The number of nitrogens with zero attached hydrogens (tertiary/aromatic N) is 1. The number of nitrogens with one attached hydrogen (secondary N) is 1. The standard InChI is InChI=1S/C16H18FN3O/c1-20(10-12-5-2-3-8-15(12)17)11-16(21)19-14-7-4-6-13(18)9-14/h2-9H,10-11,18H2,1H3,(H,19,21). The van der Waals surface area contributed by atoms with Gasteiger partial charge in [-0.05, 0) is 31.3 Å². The fourth-order valence-electron chi connectivity index (χ4n) is 2.04. The van der Waals surface area contributed by atoms with Crippen LogP contribution in [0.2, 0.25) is 0 Å². The molecule has 0 aliphatic rings. The van der Waals surface area contributed by atoms with Gasteiger partial charge in [-0.2, -0.15) is 0 Å². The minimum Gasteiger partial charge on any atom is -0.399 e. The summed E-state index contributed by atoms with van der Waals surface area (Å²) >= 11 is 0. The molecule has 0 heterocycles. The fourth-order valence-corrected chi connectivity index (χ4v) is 2.04. The molecule has 5 heteroatoms. The number of halogens is 1. The Kier molecular flexibility index (Phi) is 4.90. The molecule has 0 aliphatic heterocycles. The third-order valence-corrected chi connectivity index (χ3v) is 2.98. The third-order valence-electron chi connectivity index (χ3n) is 2.98. The van der Waals surface area contributed by atoms with Crippen LogP contribution in [-0.4, -0.2) is 24.4 Å². The summed E-state index contributed by atoms with van der Waals surface area (Å²) in [5.74, 6) is -0.431. The summed E-state index contributed by atoms with van der Waals surface area (Å²) in [6.07, 6.45) is 0. The van der Waals surface area contributed by atoms with Gasteiger partial charge in [-0.1, -0.05) is 24.3 Å². The van der Waals surface area contributed by atoms with E-state index < -0.39 is 0 Å². The number of likely N-dealkylation sites (N-methyl/N-ethyl adjacent to an activating group) is 1. The number of hydrogen-bond acceptors (Lipinski definition) is 3. The number of nitrogens with two attached hydrogens (primary N) is 1. The molecule has 4 nitrogen and oxygen atoms in total. The van der Waals surface area contributed by atoms with Gasteiger partial charge in [-0.25, -0.2) is 4.39 Å². The van der Waals surface area contributed by atoms with Gasteiger partial charge in [0.2, 0.25) is 5.91 Å². The highest BCUT2D eigenvalue weighted by molar-refractivity contribution is 5.92. The van der Waals surface area contributed by atoms with Gasteiger partial charge in [0.05, 0.1) is 6.54 Å². The van der Waals surface area contributed by atoms with E-state index in [9.17, 15) is 9.18 Å². The van der Waals surface area contributed by atoms with Crippen molar-refractivity contribution in [3.8, 4) is 0 Å². The fraction of sp³-hybridized carbons (Fsp3) is 0.188. The summed E-state index contributed by atoms with van der Waals surface area (Å²) in [7, 11) is 1.77. The van der Waals surface area contributed by atoms with Crippen LogP contribution in [0, 0.1) is 5.82 Å². The lowest BCUT2D eigenvalue weighted by atomic mass is 10.2. The highest BCUT2D eigenvalue weighted by Gasteiger charge is 2.09. The van der Waals surface area contributed by atoms with Crippen molar-refractivity contribution >= 4 is 17.3 Å². The quantitative estimate of drug-likeness (QED) is 0.831. The van der Waals surface area contributed by atoms with E-state index in [0.29, 0.717) is 23.5 Å². The van der Waals surface area contributed by atoms with Crippen molar-refractivity contribution in [3.63, 3.8) is 0 Å². The number of anilines is 2. The first-order valence-electron chi connectivity index (χ1n) is 6.62. The van der Waals surface area contributed by atoms with E-state index in [-0.39, 0.29) is 18.3 Å². The Morgan fingerprint density at radius 3 is 2.71 bits per heavy atom. The summed E-state index contributed by atoms with van der Waals surface area (Å²) in [4.78, 5) is 13.7. The Bertz CT molecular complexity index is 630. The Balaban J connectivity index is 1.89. The minimum absolute atomic E-state index is 0.167. The molecule has 110 valence electrons. The minimum atomic E-state index is -0.263. The highest BCUT2D eigenvalue weighted by atomic mass is 19.1. The average molecular weight is 287 g/mol. The Morgan fingerprint density at radius 2 is 2.00 bits per heavy atom. The van der Waals surface area contributed by atoms with Crippen LogP contribution in [0.4, 0.5) is 15.8 Å². The van der Waals surface area contributed by atoms with E-state index in [1.54, 1.807) is 54.4 Å². The number of carbonyl (C=O) groups excluding carboxylic acids is 1. The molecular formula is C16H18FN3O. The third kappa shape index (κ3) is 4.57. The second-order valence-corrected chi connectivity index (χ2v) is 4.94. The van der Waals surface area contributed by atoms with E-state index in [4.69, 9.17) is 5.73 Å². The molecule has 2 aromatic carbocycles. The smallest absolute Gasteiger partial charge is 0.238 e. The molecule has 0 radical (unpaired) electrons.